The molecular weight excluding hydrogens is 251 g/mol. The molecule has 3 N–H and O–H groups in total. The molecule has 0 atom stereocenters. The van der Waals surface area contributed by atoms with E-state index in [1.54, 1.807) is 12.1 Å². The zero-order chi connectivity index (χ0) is 14.1. The van der Waals surface area contributed by atoms with E-state index < -0.39 is 11.8 Å². The van der Waals surface area contributed by atoms with Crippen LogP contribution in [0.3, 0.4) is 0 Å². The second kappa shape index (κ2) is 8.20. The van der Waals surface area contributed by atoms with Crippen molar-refractivity contribution in [2.45, 2.75) is 19.3 Å². The summed E-state index contributed by atoms with van der Waals surface area (Å²) < 4.78 is 13.2. The molecule has 1 aromatic rings. The van der Waals surface area contributed by atoms with Gasteiger partial charge in [0.05, 0.1) is 5.69 Å². The van der Waals surface area contributed by atoms with Crippen molar-refractivity contribution in [2.75, 3.05) is 18.4 Å². The Bertz CT molecular complexity index is 438. The Balaban J connectivity index is 2.15. The van der Waals surface area contributed by atoms with E-state index in [2.05, 4.69) is 10.6 Å². The number of aliphatic carboxylic acids is 1. The van der Waals surface area contributed by atoms with E-state index in [0.717, 1.165) is 0 Å². The van der Waals surface area contributed by atoms with Gasteiger partial charge >= 0.3 is 5.97 Å². The number of carbonyl (C=O) groups excluding carboxylic acids is 1. The molecule has 0 radical (unpaired) electrons. The van der Waals surface area contributed by atoms with Gasteiger partial charge in [0, 0.05) is 19.4 Å². The lowest BCUT2D eigenvalue weighted by Crippen LogP contribution is -2.23. The SMILES string of the molecule is O=C(O)CCCNCCC(=O)Nc1ccccc1F. The third kappa shape index (κ3) is 6.52. The van der Waals surface area contributed by atoms with E-state index in [1.165, 1.54) is 12.1 Å². The number of amides is 1. The lowest BCUT2D eigenvalue weighted by atomic mass is 10.3. The molecular formula is C13H17FN2O3. The first kappa shape index (κ1) is 15.1. The maximum absolute atomic E-state index is 13.2. The monoisotopic (exact) mass is 268 g/mol. The number of carboxylic acids is 1. The molecule has 1 rings (SSSR count). The molecule has 0 fully saturated rings. The van der Waals surface area contributed by atoms with Gasteiger partial charge in [0.25, 0.3) is 0 Å². The van der Waals surface area contributed by atoms with Crippen molar-refractivity contribution in [1.29, 1.82) is 0 Å². The topological polar surface area (TPSA) is 78.4 Å². The molecule has 1 amide bonds. The first-order chi connectivity index (χ1) is 9.09. The molecule has 0 unspecified atom stereocenters. The van der Waals surface area contributed by atoms with E-state index in [0.29, 0.717) is 19.5 Å². The Kier molecular flexibility index (Phi) is 6.52. The van der Waals surface area contributed by atoms with Crippen LogP contribution in [0.5, 0.6) is 0 Å². The Morgan fingerprint density at radius 3 is 2.58 bits per heavy atom. The fourth-order valence-corrected chi connectivity index (χ4v) is 1.47. The number of hydrogen-bond donors (Lipinski definition) is 3. The quantitative estimate of drug-likeness (QED) is 0.626. The molecule has 0 aromatic heterocycles. The number of hydrogen-bond acceptors (Lipinski definition) is 3. The Labute approximate surface area is 110 Å². The fraction of sp³-hybridized carbons (Fsp3) is 0.385. The van der Waals surface area contributed by atoms with Crippen LogP contribution in [0.15, 0.2) is 24.3 Å². The maximum Gasteiger partial charge on any atom is 0.303 e. The largest absolute Gasteiger partial charge is 0.481 e. The zero-order valence-electron chi connectivity index (χ0n) is 10.5. The van der Waals surface area contributed by atoms with Crippen molar-refractivity contribution in [3.8, 4) is 0 Å². The van der Waals surface area contributed by atoms with Gasteiger partial charge < -0.3 is 15.7 Å². The van der Waals surface area contributed by atoms with E-state index in [9.17, 15) is 14.0 Å². The normalized spacial score (nSPS) is 10.2. The third-order valence-corrected chi connectivity index (χ3v) is 2.42. The van der Waals surface area contributed by atoms with Gasteiger partial charge in [-0.05, 0) is 25.1 Å². The van der Waals surface area contributed by atoms with E-state index in [-0.39, 0.29) is 24.4 Å². The molecule has 0 heterocycles. The molecule has 0 saturated heterocycles. The Morgan fingerprint density at radius 2 is 1.89 bits per heavy atom. The molecule has 19 heavy (non-hydrogen) atoms. The van der Waals surface area contributed by atoms with Gasteiger partial charge in [0.1, 0.15) is 5.82 Å². The third-order valence-electron chi connectivity index (χ3n) is 2.42. The predicted octanol–water partition coefficient (Wildman–Crippen LogP) is 1.61. The van der Waals surface area contributed by atoms with Crippen LogP contribution in [-0.2, 0) is 9.59 Å². The Morgan fingerprint density at radius 1 is 1.16 bits per heavy atom. The van der Waals surface area contributed by atoms with Gasteiger partial charge in [0.15, 0.2) is 0 Å². The first-order valence-corrected chi connectivity index (χ1v) is 6.06. The summed E-state index contributed by atoms with van der Waals surface area (Å²) in [5, 5.41) is 13.8. The first-order valence-electron chi connectivity index (χ1n) is 6.06. The van der Waals surface area contributed by atoms with Crippen molar-refractivity contribution in [1.82, 2.24) is 5.32 Å². The molecule has 104 valence electrons. The van der Waals surface area contributed by atoms with Crippen LogP contribution in [0, 0.1) is 5.82 Å². The molecule has 0 aliphatic carbocycles. The van der Waals surface area contributed by atoms with Crippen molar-refractivity contribution < 1.29 is 19.1 Å². The summed E-state index contributed by atoms with van der Waals surface area (Å²) in [7, 11) is 0. The van der Waals surface area contributed by atoms with Crippen LogP contribution < -0.4 is 10.6 Å². The molecule has 0 aliphatic heterocycles. The van der Waals surface area contributed by atoms with E-state index >= 15 is 0 Å². The van der Waals surface area contributed by atoms with Crippen molar-refractivity contribution in [3.63, 3.8) is 0 Å². The minimum atomic E-state index is -0.834. The highest BCUT2D eigenvalue weighted by atomic mass is 19.1. The Hall–Kier alpha value is -1.95. The maximum atomic E-state index is 13.2. The second-order valence-corrected chi connectivity index (χ2v) is 4.03. The van der Waals surface area contributed by atoms with Gasteiger partial charge in [-0.3, -0.25) is 9.59 Å². The summed E-state index contributed by atoms with van der Waals surface area (Å²) in [4.78, 5) is 21.7. The number of rotatable bonds is 8. The molecule has 0 bridgehead atoms. The number of carboxylic acid groups (broad SMARTS) is 1. The molecule has 0 saturated carbocycles. The summed E-state index contributed by atoms with van der Waals surface area (Å²) in [5.41, 5.74) is 0.165. The van der Waals surface area contributed by atoms with Gasteiger partial charge in [-0.15, -0.1) is 0 Å². The molecule has 0 aliphatic rings. The van der Waals surface area contributed by atoms with E-state index in [1.807, 2.05) is 0 Å². The molecule has 0 spiro atoms. The summed E-state index contributed by atoms with van der Waals surface area (Å²) >= 11 is 0. The van der Waals surface area contributed by atoms with Crippen LogP contribution in [0.2, 0.25) is 0 Å². The highest BCUT2D eigenvalue weighted by Gasteiger charge is 2.05. The minimum absolute atomic E-state index is 0.106. The summed E-state index contributed by atoms with van der Waals surface area (Å²) in [5.74, 6) is -1.58. The number of nitrogens with one attached hydrogen (secondary N) is 2. The van der Waals surface area contributed by atoms with Crippen LogP contribution in [0.4, 0.5) is 10.1 Å². The van der Waals surface area contributed by atoms with Gasteiger partial charge in [-0.2, -0.15) is 0 Å². The number of carbonyl (C=O) groups is 2. The standard InChI is InChI=1S/C13H17FN2O3/c14-10-4-1-2-5-11(10)16-12(17)7-9-15-8-3-6-13(18)19/h1-2,4-5,15H,3,6-9H2,(H,16,17)(H,18,19). The lowest BCUT2D eigenvalue weighted by molar-refractivity contribution is -0.137. The smallest absolute Gasteiger partial charge is 0.303 e. The van der Waals surface area contributed by atoms with Crippen molar-refractivity contribution in [3.05, 3.63) is 30.1 Å². The molecule has 5 nitrogen and oxygen atoms in total. The van der Waals surface area contributed by atoms with E-state index in [4.69, 9.17) is 5.11 Å². The second-order valence-electron chi connectivity index (χ2n) is 4.03. The minimum Gasteiger partial charge on any atom is -0.481 e. The summed E-state index contributed by atoms with van der Waals surface area (Å²) in [6.45, 7) is 0.971. The van der Waals surface area contributed by atoms with Crippen LogP contribution in [0.1, 0.15) is 19.3 Å². The van der Waals surface area contributed by atoms with Gasteiger partial charge in [-0.25, -0.2) is 4.39 Å². The van der Waals surface area contributed by atoms with Crippen molar-refractivity contribution in [2.24, 2.45) is 0 Å². The average molecular weight is 268 g/mol. The number of halogens is 1. The van der Waals surface area contributed by atoms with Crippen LogP contribution in [0.25, 0.3) is 0 Å². The number of anilines is 1. The van der Waals surface area contributed by atoms with Crippen LogP contribution in [-0.4, -0.2) is 30.1 Å². The summed E-state index contributed by atoms with van der Waals surface area (Å²) in [6, 6.07) is 5.96. The lowest BCUT2D eigenvalue weighted by Gasteiger charge is -2.06. The highest BCUT2D eigenvalue weighted by molar-refractivity contribution is 5.90. The zero-order valence-corrected chi connectivity index (χ0v) is 10.5. The molecule has 1 aromatic carbocycles. The molecule has 6 heteroatoms. The van der Waals surface area contributed by atoms with Gasteiger partial charge in [-0.1, -0.05) is 12.1 Å². The van der Waals surface area contributed by atoms with Gasteiger partial charge in [0.2, 0.25) is 5.91 Å². The predicted molar refractivity (Wildman–Crippen MR) is 69.4 cm³/mol. The fourth-order valence-electron chi connectivity index (χ4n) is 1.47. The summed E-state index contributed by atoms with van der Waals surface area (Å²) in [6.07, 6.45) is 0.833. The number of benzene rings is 1. The van der Waals surface area contributed by atoms with Crippen molar-refractivity contribution >= 4 is 17.6 Å². The average Bonchev–Trinajstić information content (AvgIpc) is 2.36. The van der Waals surface area contributed by atoms with Crippen LogP contribution >= 0.6 is 0 Å². The number of para-hydroxylation sites is 1. The highest BCUT2D eigenvalue weighted by Crippen LogP contribution is 2.12.